The lowest BCUT2D eigenvalue weighted by Gasteiger charge is -2.09. The fourth-order valence-electron chi connectivity index (χ4n) is 2.15. The summed E-state index contributed by atoms with van der Waals surface area (Å²) >= 11 is 0. The molecule has 0 bridgehead atoms. The Kier molecular flexibility index (Phi) is 2.96. The van der Waals surface area contributed by atoms with Crippen LogP contribution < -0.4 is 16.8 Å². The fraction of sp³-hybridized carbons (Fsp3) is 0.154. The largest absolute Gasteiger partial charge is 0.308 e. The molecule has 0 radical (unpaired) electrons. The number of hydrogen-bond donors (Lipinski definition) is 2. The molecule has 0 amide bonds. The van der Waals surface area contributed by atoms with Crippen molar-refractivity contribution in [3.63, 3.8) is 0 Å². The van der Waals surface area contributed by atoms with Crippen molar-refractivity contribution in [1.29, 1.82) is 0 Å². The first-order valence-corrected chi connectivity index (χ1v) is 6.15. The van der Waals surface area contributed by atoms with Gasteiger partial charge in [-0.05, 0) is 19.1 Å². The van der Waals surface area contributed by atoms with Gasteiger partial charge in [-0.3, -0.25) is 4.79 Å². The number of nitrogen functional groups attached to an aromatic ring is 1. The van der Waals surface area contributed by atoms with E-state index >= 15 is 0 Å². The molecule has 3 aromatic rings. The number of pyridine rings is 1. The van der Waals surface area contributed by atoms with Crippen LogP contribution in [-0.4, -0.2) is 19.2 Å². The zero-order chi connectivity index (χ0) is 14.1. The van der Waals surface area contributed by atoms with Crippen LogP contribution >= 0.6 is 0 Å². The van der Waals surface area contributed by atoms with Gasteiger partial charge in [0.15, 0.2) is 0 Å². The van der Waals surface area contributed by atoms with E-state index in [0.29, 0.717) is 17.9 Å². The second-order valence-corrected chi connectivity index (χ2v) is 4.50. The fourth-order valence-corrected chi connectivity index (χ4v) is 2.15. The highest BCUT2D eigenvalue weighted by Gasteiger charge is 2.08. The number of fused-ring (bicyclic) bond motifs is 1. The minimum Gasteiger partial charge on any atom is -0.308 e. The second kappa shape index (κ2) is 4.78. The van der Waals surface area contributed by atoms with E-state index in [1.54, 1.807) is 33.7 Å². The molecule has 102 valence electrons. The summed E-state index contributed by atoms with van der Waals surface area (Å²) in [5, 5.41) is 4.21. The number of aromatic nitrogens is 4. The highest BCUT2D eigenvalue weighted by molar-refractivity contribution is 5.46. The lowest BCUT2D eigenvalue weighted by atomic mass is 10.2. The van der Waals surface area contributed by atoms with Gasteiger partial charge in [0, 0.05) is 24.2 Å². The summed E-state index contributed by atoms with van der Waals surface area (Å²) in [7, 11) is 0. The molecule has 3 aromatic heterocycles. The molecule has 0 aliphatic heterocycles. The van der Waals surface area contributed by atoms with Crippen molar-refractivity contribution in [2.75, 3.05) is 5.43 Å². The van der Waals surface area contributed by atoms with Crippen LogP contribution in [0.5, 0.6) is 0 Å². The Morgan fingerprint density at radius 1 is 1.40 bits per heavy atom. The molecule has 7 heteroatoms. The average molecular weight is 270 g/mol. The molecule has 0 saturated carbocycles. The van der Waals surface area contributed by atoms with Gasteiger partial charge in [-0.25, -0.2) is 15.3 Å². The molecule has 0 atom stereocenters. The van der Waals surface area contributed by atoms with Crippen LogP contribution in [0.1, 0.15) is 11.3 Å². The summed E-state index contributed by atoms with van der Waals surface area (Å²) in [4.78, 5) is 16.5. The first-order chi connectivity index (χ1) is 9.69. The van der Waals surface area contributed by atoms with E-state index in [-0.39, 0.29) is 5.56 Å². The van der Waals surface area contributed by atoms with Crippen LogP contribution in [0.25, 0.3) is 5.52 Å². The normalized spacial score (nSPS) is 10.9. The molecular formula is C13H14N6O. The van der Waals surface area contributed by atoms with Crippen LogP contribution in [0.3, 0.4) is 0 Å². The summed E-state index contributed by atoms with van der Waals surface area (Å²) in [6, 6.07) is 5.45. The Hall–Kier alpha value is -2.67. The monoisotopic (exact) mass is 270 g/mol. The minimum atomic E-state index is -0.0973. The predicted octanol–water partition coefficient (Wildman–Crippen LogP) is 0.533. The van der Waals surface area contributed by atoms with Gasteiger partial charge in [-0.1, -0.05) is 6.07 Å². The number of rotatable bonds is 3. The van der Waals surface area contributed by atoms with Crippen LogP contribution in [-0.2, 0) is 6.54 Å². The second-order valence-electron chi connectivity index (χ2n) is 4.50. The molecule has 0 aliphatic carbocycles. The third-order valence-corrected chi connectivity index (χ3v) is 3.09. The number of nitrogens with two attached hydrogens (primary N) is 1. The maximum atomic E-state index is 12.4. The van der Waals surface area contributed by atoms with Crippen LogP contribution in [0.2, 0.25) is 0 Å². The molecule has 0 spiro atoms. The van der Waals surface area contributed by atoms with E-state index < -0.39 is 0 Å². The van der Waals surface area contributed by atoms with Crippen molar-refractivity contribution in [3.8, 4) is 0 Å². The molecule has 3 heterocycles. The summed E-state index contributed by atoms with van der Waals surface area (Å²) in [5.74, 6) is 5.98. The van der Waals surface area contributed by atoms with Gasteiger partial charge < -0.3 is 9.99 Å². The van der Waals surface area contributed by atoms with Crippen molar-refractivity contribution in [2.45, 2.75) is 13.5 Å². The summed E-state index contributed by atoms with van der Waals surface area (Å²) in [6.45, 7) is 2.25. The van der Waals surface area contributed by atoms with Gasteiger partial charge in [0.05, 0.1) is 12.2 Å². The van der Waals surface area contributed by atoms with Gasteiger partial charge in [-0.15, -0.1) is 0 Å². The Balaban J connectivity index is 2.07. The molecule has 0 aromatic carbocycles. The molecule has 0 aliphatic rings. The highest BCUT2D eigenvalue weighted by Crippen LogP contribution is 2.11. The molecule has 3 N–H and O–H groups in total. The van der Waals surface area contributed by atoms with Crippen molar-refractivity contribution in [1.82, 2.24) is 19.2 Å². The molecule has 7 nitrogen and oxygen atoms in total. The first-order valence-electron chi connectivity index (χ1n) is 6.15. The lowest BCUT2D eigenvalue weighted by molar-refractivity contribution is 0.740. The van der Waals surface area contributed by atoms with Crippen molar-refractivity contribution < 1.29 is 0 Å². The third-order valence-electron chi connectivity index (χ3n) is 3.09. The van der Waals surface area contributed by atoms with Crippen molar-refractivity contribution >= 4 is 11.3 Å². The molecule has 0 saturated heterocycles. The standard InChI is InChI=1S/C13H14N6O/c1-9-7-11-13(20)18(5-6-19(11)17-9)8-10-3-2-4-15-12(10)16-14/h2-7H,8,14H2,1H3,(H,15,16). The van der Waals surface area contributed by atoms with Gasteiger partial charge >= 0.3 is 0 Å². The van der Waals surface area contributed by atoms with Gasteiger partial charge in [-0.2, -0.15) is 5.10 Å². The highest BCUT2D eigenvalue weighted by atomic mass is 16.1. The number of anilines is 1. The predicted molar refractivity (Wildman–Crippen MR) is 75.3 cm³/mol. The number of aryl methyl sites for hydroxylation is 1. The Morgan fingerprint density at radius 2 is 2.25 bits per heavy atom. The maximum absolute atomic E-state index is 12.4. The van der Waals surface area contributed by atoms with E-state index in [4.69, 9.17) is 5.84 Å². The van der Waals surface area contributed by atoms with Gasteiger partial charge in [0.2, 0.25) is 0 Å². The van der Waals surface area contributed by atoms with Crippen LogP contribution in [0.15, 0.2) is 41.6 Å². The average Bonchev–Trinajstić information content (AvgIpc) is 2.84. The quantitative estimate of drug-likeness (QED) is 0.535. The van der Waals surface area contributed by atoms with Crippen molar-refractivity contribution in [2.24, 2.45) is 5.84 Å². The van der Waals surface area contributed by atoms with E-state index in [0.717, 1.165) is 11.3 Å². The number of hydrazine groups is 1. The van der Waals surface area contributed by atoms with Gasteiger partial charge in [0.25, 0.3) is 5.56 Å². The summed E-state index contributed by atoms with van der Waals surface area (Å²) in [5.41, 5.74) is 4.64. The maximum Gasteiger partial charge on any atom is 0.276 e. The topological polar surface area (TPSA) is 90.2 Å². The molecule has 20 heavy (non-hydrogen) atoms. The van der Waals surface area contributed by atoms with Crippen LogP contribution in [0, 0.1) is 6.92 Å². The Labute approximate surface area is 114 Å². The summed E-state index contributed by atoms with van der Waals surface area (Å²) < 4.78 is 3.19. The Morgan fingerprint density at radius 3 is 3.05 bits per heavy atom. The number of nitrogens with one attached hydrogen (secondary N) is 1. The SMILES string of the molecule is Cc1cc2c(=O)n(Cc3cccnc3NN)ccn2n1. The number of nitrogens with zero attached hydrogens (tertiary/aromatic N) is 4. The molecule has 0 unspecified atom stereocenters. The zero-order valence-corrected chi connectivity index (χ0v) is 10.9. The van der Waals surface area contributed by atoms with Crippen LogP contribution in [0.4, 0.5) is 5.82 Å². The molecular weight excluding hydrogens is 256 g/mol. The molecule has 0 fully saturated rings. The van der Waals surface area contributed by atoms with E-state index in [2.05, 4.69) is 15.5 Å². The zero-order valence-electron chi connectivity index (χ0n) is 10.9. The first kappa shape index (κ1) is 12.4. The number of hydrogen-bond acceptors (Lipinski definition) is 5. The minimum absolute atomic E-state index is 0.0973. The summed E-state index contributed by atoms with van der Waals surface area (Å²) in [6.07, 6.45) is 5.11. The Bertz CT molecular complexity index is 819. The van der Waals surface area contributed by atoms with Crippen molar-refractivity contribution in [3.05, 3.63) is 58.4 Å². The van der Waals surface area contributed by atoms with Gasteiger partial charge in [0.1, 0.15) is 11.3 Å². The smallest absolute Gasteiger partial charge is 0.276 e. The lowest BCUT2D eigenvalue weighted by Crippen LogP contribution is -2.23. The van der Waals surface area contributed by atoms with E-state index in [1.165, 1.54) is 0 Å². The molecule has 3 rings (SSSR count). The van der Waals surface area contributed by atoms with E-state index in [1.807, 2.05) is 19.1 Å². The van der Waals surface area contributed by atoms with E-state index in [9.17, 15) is 4.79 Å². The third kappa shape index (κ3) is 2.04.